The molecule has 3 nitrogen and oxygen atoms in total. The summed E-state index contributed by atoms with van der Waals surface area (Å²) < 4.78 is 82.4. The summed E-state index contributed by atoms with van der Waals surface area (Å²) in [4.78, 5) is 15.6. The van der Waals surface area contributed by atoms with Gasteiger partial charge in [0.1, 0.15) is 11.1 Å². The van der Waals surface area contributed by atoms with E-state index in [0.717, 1.165) is 23.8 Å². The van der Waals surface area contributed by atoms with Crippen molar-refractivity contribution < 1.29 is 36.2 Å². The minimum Gasteiger partial charge on any atom is -0.383 e. The second-order valence-corrected chi connectivity index (χ2v) is 13.1. The van der Waals surface area contributed by atoms with Crippen LogP contribution < -0.4 is 4.90 Å². The lowest BCUT2D eigenvalue weighted by molar-refractivity contribution is -0.138. The molecular formula is C37H25F6NO2S. The standard InChI is InChI=1S/C37H25F6NO2S/c1-35(2)29-17-20(24-7-5-6-10-28(24)37(41,42)43)11-16-31(29)44(22-14-12-21(13-15-22)36(38,39)40)34-30(35)19-23(47-34)18-27-32(45)25-8-3-4-9-26(25)33(27)46/h3-19,32,45H,1-2H3/b27-18+. The molecule has 0 radical (unpaired) electrons. The van der Waals surface area contributed by atoms with Gasteiger partial charge in [-0.1, -0.05) is 62.4 Å². The number of carbonyl (C=O) groups excluding carboxylic acids is 1. The van der Waals surface area contributed by atoms with Crippen LogP contribution in [0.15, 0.2) is 103 Å². The van der Waals surface area contributed by atoms with E-state index in [0.29, 0.717) is 43.5 Å². The van der Waals surface area contributed by atoms with Crippen molar-refractivity contribution in [3.05, 3.63) is 141 Å². The number of hydrogen-bond donors (Lipinski definition) is 1. The van der Waals surface area contributed by atoms with Crippen molar-refractivity contribution in [1.29, 1.82) is 0 Å². The molecule has 1 aliphatic heterocycles. The lowest BCUT2D eigenvalue weighted by atomic mass is 9.74. The minimum absolute atomic E-state index is 0.00881. The van der Waals surface area contributed by atoms with E-state index in [2.05, 4.69) is 0 Å². The maximum Gasteiger partial charge on any atom is 0.417 e. The van der Waals surface area contributed by atoms with Crippen LogP contribution in [-0.4, -0.2) is 10.9 Å². The Kier molecular flexibility index (Phi) is 7.04. The average Bonchev–Trinajstić information content (AvgIpc) is 3.56. The van der Waals surface area contributed by atoms with Gasteiger partial charge in [0.2, 0.25) is 0 Å². The summed E-state index contributed by atoms with van der Waals surface area (Å²) in [6.45, 7) is 3.87. The normalized spacial score (nSPS) is 17.9. The van der Waals surface area contributed by atoms with Crippen LogP contribution in [0.1, 0.15) is 63.0 Å². The van der Waals surface area contributed by atoms with E-state index < -0.39 is 35.0 Å². The lowest BCUT2D eigenvalue weighted by Gasteiger charge is -2.40. The highest BCUT2D eigenvalue weighted by atomic mass is 32.1. The van der Waals surface area contributed by atoms with Crippen LogP contribution in [0.3, 0.4) is 0 Å². The van der Waals surface area contributed by atoms with E-state index in [4.69, 9.17) is 0 Å². The Labute approximate surface area is 270 Å². The van der Waals surface area contributed by atoms with E-state index >= 15 is 0 Å². The molecule has 1 unspecified atom stereocenters. The Bertz CT molecular complexity index is 2090. The highest BCUT2D eigenvalue weighted by Gasteiger charge is 2.41. The van der Waals surface area contributed by atoms with Crippen LogP contribution in [0, 0.1) is 0 Å². The first kappa shape index (κ1) is 31.0. The molecule has 0 saturated carbocycles. The van der Waals surface area contributed by atoms with Crippen molar-refractivity contribution in [2.24, 2.45) is 0 Å². The zero-order chi connectivity index (χ0) is 33.5. The Balaban J connectivity index is 1.41. The van der Waals surface area contributed by atoms with Gasteiger partial charge < -0.3 is 10.0 Å². The molecule has 0 saturated heterocycles. The Morgan fingerprint density at radius 3 is 2.11 bits per heavy atom. The SMILES string of the molecule is CC1(C)c2cc(-c3ccccc3C(F)(F)F)ccc2N(c2ccc(C(F)(F)F)cc2)c2sc(/C=C3/C(=O)c4ccccc4C3O)cc21. The molecule has 0 spiro atoms. The van der Waals surface area contributed by atoms with Crippen LogP contribution in [0.2, 0.25) is 0 Å². The maximum atomic E-state index is 14.0. The Morgan fingerprint density at radius 2 is 1.45 bits per heavy atom. The average molecular weight is 662 g/mol. The van der Waals surface area contributed by atoms with E-state index in [1.165, 1.54) is 41.7 Å². The quantitative estimate of drug-likeness (QED) is 0.155. The van der Waals surface area contributed by atoms with Gasteiger partial charge in [0.25, 0.3) is 0 Å². The smallest absolute Gasteiger partial charge is 0.383 e. The molecule has 7 rings (SSSR count). The third-order valence-corrected chi connectivity index (χ3v) is 9.94. The number of aliphatic hydroxyl groups is 1. The molecule has 1 atom stereocenters. The van der Waals surface area contributed by atoms with Crippen LogP contribution >= 0.6 is 11.3 Å². The molecule has 1 aliphatic carbocycles. The Hall–Kier alpha value is -4.67. The molecule has 1 N–H and O–H groups in total. The fourth-order valence-electron chi connectivity index (χ4n) is 6.46. The largest absolute Gasteiger partial charge is 0.417 e. The van der Waals surface area contributed by atoms with Crippen LogP contribution in [0.5, 0.6) is 0 Å². The molecule has 1 aromatic heterocycles. The summed E-state index contributed by atoms with van der Waals surface area (Å²) in [6, 6.07) is 23.7. The van der Waals surface area contributed by atoms with Crippen molar-refractivity contribution in [2.75, 3.05) is 4.90 Å². The zero-order valence-corrected chi connectivity index (χ0v) is 25.7. The van der Waals surface area contributed by atoms with Gasteiger partial charge in [0.15, 0.2) is 5.78 Å². The third kappa shape index (κ3) is 5.07. The predicted octanol–water partition coefficient (Wildman–Crippen LogP) is 10.9. The monoisotopic (exact) mass is 661 g/mol. The topological polar surface area (TPSA) is 40.5 Å². The minimum atomic E-state index is -4.58. The second-order valence-electron chi connectivity index (χ2n) is 12.1. The van der Waals surface area contributed by atoms with E-state index in [9.17, 15) is 36.2 Å². The van der Waals surface area contributed by atoms with Gasteiger partial charge in [-0.3, -0.25) is 4.79 Å². The van der Waals surface area contributed by atoms with E-state index in [-0.39, 0.29) is 16.9 Å². The lowest BCUT2D eigenvalue weighted by Crippen LogP contribution is -2.29. The molecule has 238 valence electrons. The zero-order valence-electron chi connectivity index (χ0n) is 24.9. The number of anilines is 3. The van der Waals surface area contributed by atoms with Crippen molar-refractivity contribution in [2.45, 2.75) is 37.7 Å². The van der Waals surface area contributed by atoms with Crippen LogP contribution in [0.4, 0.5) is 42.7 Å². The number of Topliss-reactive ketones (excluding diaryl/α,β-unsaturated/α-hetero) is 1. The highest BCUT2D eigenvalue weighted by Crippen LogP contribution is 2.56. The summed E-state index contributed by atoms with van der Waals surface area (Å²) in [5.74, 6) is -0.297. The molecule has 4 aromatic carbocycles. The number of rotatable bonds is 3. The molecule has 5 aromatic rings. The first-order valence-electron chi connectivity index (χ1n) is 14.6. The molecule has 0 bridgehead atoms. The second kappa shape index (κ2) is 10.7. The van der Waals surface area contributed by atoms with Gasteiger partial charge in [-0.05, 0) is 82.4 Å². The first-order chi connectivity index (χ1) is 22.2. The number of benzene rings is 4. The van der Waals surface area contributed by atoms with Crippen molar-refractivity contribution in [3.8, 4) is 11.1 Å². The number of fused-ring (bicyclic) bond motifs is 3. The molecule has 0 amide bonds. The van der Waals surface area contributed by atoms with Crippen LogP contribution in [-0.2, 0) is 17.8 Å². The molecule has 0 fully saturated rings. The van der Waals surface area contributed by atoms with Crippen molar-refractivity contribution >= 4 is 39.6 Å². The number of halogens is 6. The molecular weight excluding hydrogens is 636 g/mol. The summed E-state index contributed by atoms with van der Waals surface area (Å²) in [5.41, 5.74) is 1.56. The van der Waals surface area contributed by atoms with Gasteiger partial charge >= 0.3 is 12.4 Å². The summed E-state index contributed by atoms with van der Waals surface area (Å²) in [5, 5.41) is 11.7. The first-order valence-corrected chi connectivity index (χ1v) is 15.4. The van der Waals surface area contributed by atoms with Gasteiger partial charge in [-0.15, -0.1) is 11.3 Å². The van der Waals surface area contributed by atoms with Crippen molar-refractivity contribution in [3.63, 3.8) is 0 Å². The molecule has 10 heteroatoms. The highest BCUT2D eigenvalue weighted by molar-refractivity contribution is 7.17. The fraction of sp³-hybridized carbons (Fsp3) is 0.162. The number of carbonyl (C=O) groups is 1. The summed E-state index contributed by atoms with van der Waals surface area (Å²) in [7, 11) is 0. The Morgan fingerprint density at radius 1 is 0.787 bits per heavy atom. The maximum absolute atomic E-state index is 14.0. The van der Waals surface area contributed by atoms with E-state index in [1.807, 2.05) is 19.9 Å². The number of thiophene rings is 1. The summed E-state index contributed by atoms with van der Waals surface area (Å²) >= 11 is 1.31. The number of aliphatic hydroxyl groups excluding tert-OH is 1. The number of hydrogen-bond acceptors (Lipinski definition) is 4. The van der Waals surface area contributed by atoms with Gasteiger partial charge in [0, 0.05) is 27.1 Å². The number of ketones is 1. The van der Waals surface area contributed by atoms with Crippen LogP contribution in [0.25, 0.3) is 17.2 Å². The molecule has 47 heavy (non-hydrogen) atoms. The molecule has 2 heterocycles. The van der Waals surface area contributed by atoms with Gasteiger partial charge in [-0.2, -0.15) is 26.3 Å². The number of alkyl halides is 6. The third-order valence-electron chi connectivity index (χ3n) is 8.87. The van der Waals surface area contributed by atoms with E-state index in [1.54, 1.807) is 53.4 Å². The van der Waals surface area contributed by atoms with Gasteiger partial charge in [-0.25, -0.2) is 0 Å². The molecule has 2 aliphatic rings. The predicted molar refractivity (Wildman–Crippen MR) is 170 cm³/mol. The number of nitrogens with zero attached hydrogens (tertiary/aromatic N) is 1. The van der Waals surface area contributed by atoms with Crippen molar-refractivity contribution in [1.82, 2.24) is 0 Å². The fourth-order valence-corrected chi connectivity index (χ4v) is 7.77. The van der Waals surface area contributed by atoms with Gasteiger partial charge in [0.05, 0.1) is 16.8 Å². The summed E-state index contributed by atoms with van der Waals surface area (Å²) in [6.07, 6.45) is -8.61.